The first-order valence-electron chi connectivity index (χ1n) is 17.3. The second kappa shape index (κ2) is 17.1. The SMILES string of the molecule is CCOC(=O)c1c(NC(=O)CSc2cccc(NC(=O)/C(=C\c3ccc(N(C)C)cc3)NC(=O)c3ccccc3)c2)sc2c1CCC(C(C)(C)C)C2. The summed E-state index contributed by atoms with van der Waals surface area (Å²) in [5.41, 5.74) is 4.37. The smallest absolute Gasteiger partial charge is 0.341 e. The summed E-state index contributed by atoms with van der Waals surface area (Å²) >= 11 is 2.79. The van der Waals surface area contributed by atoms with Crippen LogP contribution in [0, 0.1) is 11.3 Å². The van der Waals surface area contributed by atoms with Gasteiger partial charge in [-0.25, -0.2) is 4.79 Å². The molecule has 1 aromatic heterocycles. The number of esters is 1. The topological polar surface area (TPSA) is 117 Å². The Kier molecular flexibility index (Phi) is 12.6. The molecule has 9 nitrogen and oxygen atoms in total. The van der Waals surface area contributed by atoms with Crippen LogP contribution in [-0.4, -0.2) is 50.1 Å². The van der Waals surface area contributed by atoms with Crippen molar-refractivity contribution in [2.24, 2.45) is 11.3 Å². The van der Waals surface area contributed by atoms with Crippen molar-refractivity contribution in [3.8, 4) is 0 Å². The number of benzene rings is 3. The number of hydrogen-bond acceptors (Lipinski definition) is 8. The Hall–Kier alpha value is -4.87. The summed E-state index contributed by atoms with van der Waals surface area (Å²) in [4.78, 5) is 56.9. The van der Waals surface area contributed by atoms with Crippen LogP contribution in [0.4, 0.5) is 16.4 Å². The fourth-order valence-corrected chi connectivity index (χ4v) is 8.07. The monoisotopic (exact) mass is 738 g/mol. The van der Waals surface area contributed by atoms with Crippen LogP contribution < -0.4 is 20.9 Å². The van der Waals surface area contributed by atoms with Crippen LogP contribution >= 0.6 is 23.1 Å². The van der Waals surface area contributed by atoms with E-state index in [0.717, 1.165) is 45.8 Å². The van der Waals surface area contributed by atoms with Gasteiger partial charge < -0.3 is 25.6 Å². The molecule has 1 atom stereocenters. The molecule has 0 radical (unpaired) electrons. The third-order valence-electron chi connectivity index (χ3n) is 8.93. The third-order valence-corrected chi connectivity index (χ3v) is 11.1. The van der Waals surface area contributed by atoms with Gasteiger partial charge in [0, 0.05) is 40.8 Å². The molecule has 1 heterocycles. The van der Waals surface area contributed by atoms with Crippen LogP contribution in [0.15, 0.2) is 89.5 Å². The molecular formula is C41H46N4O5S2. The predicted molar refractivity (Wildman–Crippen MR) is 212 cm³/mol. The maximum absolute atomic E-state index is 13.6. The molecule has 4 aromatic rings. The Morgan fingerprint density at radius 1 is 0.962 bits per heavy atom. The van der Waals surface area contributed by atoms with Crippen LogP contribution in [0.2, 0.25) is 0 Å². The summed E-state index contributed by atoms with van der Waals surface area (Å²) < 4.78 is 5.40. The van der Waals surface area contributed by atoms with Crippen molar-refractivity contribution in [2.45, 2.75) is 51.9 Å². The van der Waals surface area contributed by atoms with E-state index in [1.165, 1.54) is 23.1 Å². The molecule has 0 saturated carbocycles. The van der Waals surface area contributed by atoms with E-state index in [0.29, 0.717) is 27.7 Å². The average Bonchev–Trinajstić information content (AvgIpc) is 3.48. The normalized spacial score (nSPS) is 14.2. The zero-order valence-electron chi connectivity index (χ0n) is 30.5. The summed E-state index contributed by atoms with van der Waals surface area (Å²) in [7, 11) is 3.89. The lowest BCUT2D eigenvalue weighted by Gasteiger charge is -2.33. The van der Waals surface area contributed by atoms with E-state index < -0.39 is 17.8 Å². The highest BCUT2D eigenvalue weighted by Gasteiger charge is 2.34. The van der Waals surface area contributed by atoms with Crippen molar-refractivity contribution < 1.29 is 23.9 Å². The summed E-state index contributed by atoms with van der Waals surface area (Å²) in [6.07, 6.45) is 4.26. The van der Waals surface area contributed by atoms with E-state index in [9.17, 15) is 19.2 Å². The van der Waals surface area contributed by atoms with Crippen molar-refractivity contribution in [1.82, 2.24) is 5.32 Å². The van der Waals surface area contributed by atoms with Crippen molar-refractivity contribution in [3.05, 3.63) is 112 Å². The molecule has 1 aliphatic rings. The van der Waals surface area contributed by atoms with E-state index in [1.54, 1.807) is 55.5 Å². The van der Waals surface area contributed by atoms with Gasteiger partial charge in [0.2, 0.25) is 5.91 Å². The molecule has 3 N–H and O–H groups in total. The average molecular weight is 739 g/mol. The molecule has 1 unspecified atom stereocenters. The standard InChI is InChI=1S/C41H46N4O5S2/c1-7-50-40(49)36-32-21-18-28(41(2,3)4)23-34(32)52-39(36)44-35(46)25-51-31-15-11-14-29(24-31)42-38(48)33(43-37(47)27-12-9-8-10-13-27)22-26-16-19-30(20-17-26)45(5)6/h8-17,19-20,22,24,28H,7,18,21,23,25H2,1-6H3,(H,42,48)(H,43,47)(H,44,46)/b33-22+. The van der Waals surface area contributed by atoms with Crippen LogP contribution in [0.1, 0.15) is 70.8 Å². The van der Waals surface area contributed by atoms with Crippen molar-refractivity contribution in [2.75, 3.05) is 42.0 Å². The molecule has 1 aliphatic carbocycles. The molecule has 0 bridgehead atoms. The van der Waals surface area contributed by atoms with E-state index in [1.807, 2.05) is 55.4 Å². The lowest BCUT2D eigenvalue weighted by Crippen LogP contribution is -2.30. The summed E-state index contributed by atoms with van der Waals surface area (Å²) in [6, 6.07) is 23.5. The van der Waals surface area contributed by atoms with Gasteiger partial charge in [0.05, 0.1) is 17.9 Å². The van der Waals surface area contributed by atoms with Crippen LogP contribution in [0.25, 0.3) is 6.08 Å². The second-order valence-electron chi connectivity index (χ2n) is 13.9. The van der Waals surface area contributed by atoms with Crippen LogP contribution in [0.5, 0.6) is 0 Å². The first-order chi connectivity index (χ1) is 24.8. The number of anilines is 3. The van der Waals surface area contributed by atoms with Gasteiger partial charge in [-0.2, -0.15) is 0 Å². The number of carbonyl (C=O) groups is 4. The Morgan fingerprint density at radius 2 is 1.69 bits per heavy atom. The van der Waals surface area contributed by atoms with Gasteiger partial charge in [-0.1, -0.05) is 57.2 Å². The van der Waals surface area contributed by atoms with E-state index in [2.05, 4.69) is 36.7 Å². The number of ether oxygens (including phenoxy) is 1. The minimum Gasteiger partial charge on any atom is -0.462 e. The number of thioether (sulfide) groups is 1. The fraction of sp³-hybridized carbons (Fsp3) is 0.317. The first-order valence-corrected chi connectivity index (χ1v) is 19.1. The van der Waals surface area contributed by atoms with Crippen molar-refractivity contribution in [3.63, 3.8) is 0 Å². The van der Waals surface area contributed by atoms with Crippen LogP contribution in [0.3, 0.4) is 0 Å². The number of nitrogens with one attached hydrogen (secondary N) is 3. The molecule has 5 rings (SSSR count). The minimum absolute atomic E-state index is 0.0776. The molecule has 3 amide bonds. The highest BCUT2D eigenvalue weighted by Crippen LogP contribution is 2.44. The van der Waals surface area contributed by atoms with Crippen molar-refractivity contribution >= 4 is 69.2 Å². The van der Waals surface area contributed by atoms with Gasteiger partial charge in [-0.15, -0.1) is 23.1 Å². The van der Waals surface area contributed by atoms with Gasteiger partial charge in [0.25, 0.3) is 11.8 Å². The molecular weight excluding hydrogens is 693 g/mol. The highest BCUT2D eigenvalue weighted by molar-refractivity contribution is 8.00. The predicted octanol–water partition coefficient (Wildman–Crippen LogP) is 8.28. The third kappa shape index (κ3) is 9.92. The quantitative estimate of drug-likeness (QED) is 0.0761. The van der Waals surface area contributed by atoms with Gasteiger partial charge >= 0.3 is 5.97 Å². The Bertz CT molecular complexity index is 1950. The maximum atomic E-state index is 13.6. The van der Waals surface area contributed by atoms with E-state index in [4.69, 9.17) is 4.74 Å². The largest absolute Gasteiger partial charge is 0.462 e. The summed E-state index contributed by atoms with van der Waals surface area (Å²) in [5.74, 6) is -0.975. The lowest BCUT2D eigenvalue weighted by molar-refractivity contribution is -0.114. The molecule has 3 aromatic carbocycles. The van der Waals surface area contributed by atoms with Crippen LogP contribution in [-0.2, 0) is 27.2 Å². The highest BCUT2D eigenvalue weighted by atomic mass is 32.2. The molecule has 0 fully saturated rings. The number of hydrogen-bond donors (Lipinski definition) is 3. The number of nitrogens with zero attached hydrogens (tertiary/aromatic N) is 1. The van der Waals surface area contributed by atoms with E-state index >= 15 is 0 Å². The fourth-order valence-electron chi connectivity index (χ4n) is 5.98. The number of fused-ring (bicyclic) bond motifs is 1. The summed E-state index contributed by atoms with van der Waals surface area (Å²) in [5, 5.41) is 9.21. The Morgan fingerprint density at radius 3 is 2.37 bits per heavy atom. The molecule has 272 valence electrons. The Labute approximate surface area is 314 Å². The summed E-state index contributed by atoms with van der Waals surface area (Å²) in [6.45, 7) is 8.76. The molecule has 0 spiro atoms. The number of rotatable bonds is 12. The van der Waals surface area contributed by atoms with Gasteiger partial charge in [0.15, 0.2) is 0 Å². The van der Waals surface area contributed by atoms with Gasteiger partial charge in [-0.3, -0.25) is 14.4 Å². The number of amides is 3. The van der Waals surface area contributed by atoms with E-state index in [-0.39, 0.29) is 29.4 Å². The first kappa shape index (κ1) is 38.4. The Balaban J connectivity index is 1.28. The zero-order chi connectivity index (χ0) is 37.4. The zero-order valence-corrected chi connectivity index (χ0v) is 32.1. The van der Waals surface area contributed by atoms with Gasteiger partial charge in [-0.05, 0) is 97.2 Å². The molecule has 0 aliphatic heterocycles. The van der Waals surface area contributed by atoms with Gasteiger partial charge in [0.1, 0.15) is 10.7 Å². The molecule has 52 heavy (non-hydrogen) atoms. The number of carbonyl (C=O) groups excluding carboxylic acids is 4. The molecule has 11 heteroatoms. The second-order valence-corrected chi connectivity index (χ2v) is 16.1. The maximum Gasteiger partial charge on any atom is 0.341 e. The van der Waals surface area contributed by atoms with Crippen molar-refractivity contribution in [1.29, 1.82) is 0 Å². The minimum atomic E-state index is -0.497. The number of thiophene rings is 1. The lowest BCUT2D eigenvalue weighted by atomic mass is 9.72. The molecule has 0 saturated heterocycles.